The first kappa shape index (κ1) is 18.3. The minimum atomic E-state index is 0.0956. The van der Waals surface area contributed by atoms with Crippen molar-refractivity contribution >= 4 is 16.8 Å². The zero-order valence-electron chi connectivity index (χ0n) is 16.8. The zero-order valence-corrected chi connectivity index (χ0v) is 16.8. The highest BCUT2D eigenvalue weighted by Gasteiger charge is 2.27. The van der Waals surface area contributed by atoms with E-state index in [9.17, 15) is 4.79 Å². The number of benzene rings is 2. The zero-order chi connectivity index (χ0) is 19.6. The second-order valence-electron chi connectivity index (χ2n) is 8.44. The number of carbonyl (C=O) groups excluding carboxylic acids is 1. The Balaban J connectivity index is 1.28. The van der Waals surface area contributed by atoms with E-state index in [1.54, 1.807) is 4.90 Å². The number of nitrogens with one attached hydrogen (secondary N) is 2. The maximum atomic E-state index is 13.3. The standard InChI is InChI=1S/C25H27N3O/c29-25(24-20-9-4-5-11-22(20)27-23-12-6-10-21(23)24)26-19-13-15-28(16-14-19)17-18-7-2-1-3-8-18/h1-5,7-9,11,19H,6,10,12-17H2,(H,26,29)/p+1. The molecule has 2 heterocycles. The number of likely N-dealkylation sites (tertiary alicyclic amines) is 1. The third kappa shape index (κ3) is 3.77. The molecule has 2 aromatic carbocycles. The number of aryl methyl sites for hydroxylation is 1. The SMILES string of the molecule is O=C(NC1CC[NH+](Cc2ccccc2)CC1)c1c2c(nc3ccccc13)CCC2. The molecule has 1 aliphatic heterocycles. The summed E-state index contributed by atoms with van der Waals surface area (Å²) in [4.78, 5) is 19.7. The summed E-state index contributed by atoms with van der Waals surface area (Å²) < 4.78 is 0. The summed E-state index contributed by atoms with van der Waals surface area (Å²) in [5.41, 5.74) is 5.51. The third-order valence-corrected chi connectivity index (χ3v) is 6.47. The van der Waals surface area contributed by atoms with Gasteiger partial charge in [0.2, 0.25) is 0 Å². The molecule has 29 heavy (non-hydrogen) atoms. The topological polar surface area (TPSA) is 46.4 Å². The van der Waals surface area contributed by atoms with Crippen LogP contribution in [0.3, 0.4) is 0 Å². The summed E-state index contributed by atoms with van der Waals surface area (Å²) in [6.45, 7) is 3.29. The smallest absolute Gasteiger partial charge is 0.252 e. The highest BCUT2D eigenvalue weighted by Crippen LogP contribution is 2.30. The second kappa shape index (κ2) is 7.96. The van der Waals surface area contributed by atoms with Crippen LogP contribution in [0, 0.1) is 0 Å². The van der Waals surface area contributed by atoms with Gasteiger partial charge in [0.15, 0.2) is 0 Å². The van der Waals surface area contributed by atoms with Crippen LogP contribution in [0.25, 0.3) is 10.9 Å². The number of carbonyl (C=O) groups is 1. The molecule has 1 aliphatic carbocycles. The number of piperidine rings is 1. The van der Waals surface area contributed by atoms with Crippen LogP contribution in [-0.4, -0.2) is 30.0 Å². The Morgan fingerprint density at radius 1 is 1.00 bits per heavy atom. The summed E-state index contributed by atoms with van der Waals surface area (Å²) in [6, 6.07) is 19.0. The van der Waals surface area contributed by atoms with Crippen molar-refractivity contribution in [3.8, 4) is 0 Å². The molecule has 1 fully saturated rings. The number of rotatable bonds is 4. The molecule has 0 radical (unpaired) electrons. The average Bonchev–Trinajstić information content (AvgIpc) is 3.22. The molecule has 1 amide bonds. The van der Waals surface area contributed by atoms with Crippen molar-refractivity contribution in [2.45, 2.75) is 44.7 Å². The number of hydrogen-bond donors (Lipinski definition) is 2. The predicted octanol–water partition coefficient (Wildman–Crippen LogP) is 2.70. The van der Waals surface area contributed by atoms with Crippen molar-refractivity contribution in [3.63, 3.8) is 0 Å². The lowest BCUT2D eigenvalue weighted by molar-refractivity contribution is -0.918. The molecule has 4 nitrogen and oxygen atoms in total. The average molecular weight is 387 g/mol. The van der Waals surface area contributed by atoms with Crippen LogP contribution in [0.2, 0.25) is 0 Å². The van der Waals surface area contributed by atoms with Crippen molar-refractivity contribution in [2.24, 2.45) is 0 Å². The van der Waals surface area contributed by atoms with Gasteiger partial charge in [-0.3, -0.25) is 9.78 Å². The Bertz CT molecular complexity index is 1020. The van der Waals surface area contributed by atoms with E-state index in [0.29, 0.717) is 0 Å². The maximum Gasteiger partial charge on any atom is 0.252 e. The molecular formula is C25H28N3O+. The highest BCUT2D eigenvalue weighted by molar-refractivity contribution is 6.08. The van der Waals surface area contributed by atoms with Gasteiger partial charge in [0.05, 0.1) is 24.2 Å². The van der Waals surface area contributed by atoms with Gasteiger partial charge in [-0.05, 0) is 30.9 Å². The first-order valence-corrected chi connectivity index (χ1v) is 10.9. The number of para-hydroxylation sites is 1. The van der Waals surface area contributed by atoms with Gasteiger partial charge < -0.3 is 10.2 Å². The van der Waals surface area contributed by atoms with Gasteiger partial charge in [-0.15, -0.1) is 0 Å². The fraction of sp³-hybridized carbons (Fsp3) is 0.360. The number of quaternary nitrogens is 1. The number of nitrogens with zero attached hydrogens (tertiary/aromatic N) is 1. The molecule has 2 N–H and O–H groups in total. The number of pyridine rings is 1. The summed E-state index contributed by atoms with van der Waals surface area (Å²) >= 11 is 0. The van der Waals surface area contributed by atoms with E-state index in [0.717, 1.165) is 73.9 Å². The van der Waals surface area contributed by atoms with Gasteiger partial charge in [0, 0.05) is 35.5 Å². The second-order valence-corrected chi connectivity index (χ2v) is 8.44. The quantitative estimate of drug-likeness (QED) is 0.724. The van der Waals surface area contributed by atoms with E-state index in [-0.39, 0.29) is 11.9 Å². The van der Waals surface area contributed by atoms with E-state index in [1.807, 2.05) is 24.3 Å². The number of hydrogen-bond acceptors (Lipinski definition) is 2. The molecule has 0 atom stereocenters. The molecule has 4 heteroatoms. The van der Waals surface area contributed by atoms with E-state index in [1.165, 1.54) is 11.1 Å². The first-order valence-electron chi connectivity index (χ1n) is 10.9. The van der Waals surface area contributed by atoms with Crippen LogP contribution < -0.4 is 10.2 Å². The van der Waals surface area contributed by atoms with Crippen LogP contribution in [0.1, 0.15) is 46.4 Å². The Hall–Kier alpha value is -2.72. The lowest BCUT2D eigenvalue weighted by atomic mass is 9.98. The van der Waals surface area contributed by atoms with Crippen molar-refractivity contribution in [1.29, 1.82) is 0 Å². The lowest BCUT2D eigenvalue weighted by Crippen LogP contribution is -3.12. The van der Waals surface area contributed by atoms with Crippen molar-refractivity contribution in [2.75, 3.05) is 13.1 Å². The molecule has 1 saturated heterocycles. The van der Waals surface area contributed by atoms with E-state index in [4.69, 9.17) is 4.98 Å². The minimum Gasteiger partial charge on any atom is -0.349 e. The number of aromatic nitrogens is 1. The highest BCUT2D eigenvalue weighted by atomic mass is 16.1. The predicted molar refractivity (Wildman–Crippen MR) is 115 cm³/mol. The summed E-state index contributed by atoms with van der Waals surface area (Å²) in [5, 5.41) is 4.36. The molecular weight excluding hydrogens is 358 g/mol. The number of fused-ring (bicyclic) bond motifs is 2. The van der Waals surface area contributed by atoms with Crippen LogP contribution >= 0.6 is 0 Å². The van der Waals surface area contributed by atoms with Gasteiger partial charge in [0.1, 0.15) is 6.54 Å². The summed E-state index contributed by atoms with van der Waals surface area (Å²) in [5.74, 6) is 0.0956. The third-order valence-electron chi connectivity index (χ3n) is 6.47. The lowest BCUT2D eigenvalue weighted by Gasteiger charge is -2.30. The Labute approximate surface area is 171 Å². The van der Waals surface area contributed by atoms with E-state index >= 15 is 0 Å². The van der Waals surface area contributed by atoms with Gasteiger partial charge in [-0.1, -0.05) is 48.5 Å². The molecule has 0 unspecified atom stereocenters. The molecule has 0 saturated carbocycles. The van der Waals surface area contributed by atoms with Crippen LogP contribution in [-0.2, 0) is 19.4 Å². The van der Waals surface area contributed by atoms with Gasteiger partial charge in [0.25, 0.3) is 5.91 Å². The van der Waals surface area contributed by atoms with Crippen LogP contribution in [0.4, 0.5) is 0 Å². The molecule has 0 bridgehead atoms. The van der Waals surface area contributed by atoms with Gasteiger partial charge >= 0.3 is 0 Å². The number of amides is 1. The molecule has 5 rings (SSSR count). The Kier molecular flexibility index (Phi) is 5.03. The van der Waals surface area contributed by atoms with Crippen LogP contribution in [0.15, 0.2) is 54.6 Å². The van der Waals surface area contributed by atoms with Crippen LogP contribution in [0.5, 0.6) is 0 Å². The molecule has 1 aromatic heterocycles. The fourth-order valence-electron chi connectivity index (χ4n) is 4.96. The van der Waals surface area contributed by atoms with Crippen molar-refractivity contribution < 1.29 is 9.69 Å². The Morgan fingerprint density at radius 2 is 1.76 bits per heavy atom. The Morgan fingerprint density at radius 3 is 2.59 bits per heavy atom. The molecule has 2 aliphatic rings. The van der Waals surface area contributed by atoms with Gasteiger partial charge in [-0.2, -0.15) is 0 Å². The molecule has 3 aromatic rings. The monoisotopic (exact) mass is 386 g/mol. The van der Waals surface area contributed by atoms with E-state index in [2.05, 4.69) is 35.6 Å². The summed E-state index contributed by atoms with van der Waals surface area (Å²) in [7, 11) is 0. The summed E-state index contributed by atoms with van der Waals surface area (Å²) in [6.07, 6.45) is 5.13. The maximum absolute atomic E-state index is 13.3. The molecule has 0 spiro atoms. The van der Waals surface area contributed by atoms with Crippen molar-refractivity contribution in [1.82, 2.24) is 10.3 Å². The minimum absolute atomic E-state index is 0.0956. The largest absolute Gasteiger partial charge is 0.349 e. The first-order chi connectivity index (χ1) is 14.3. The normalized spacial score (nSPS) is 21.1. The molecule has 148 valence electrons. The van der Waals surface area contributed by atoms with Gasteiger partial charge in [-0.25, -0.2) is 0 Å². The van der Waals surface area contributed by atoms with Crippen molar-refractivity contribution in [3.05, 3.63) is 77.0 Å². The fourth-order valence-corrected chi connectivity index (χ4v) is 4.96. The van der Waals surface area contributed by atoms with E-state index < -0.39 is 0 Å².